The largest absolute Gasteiger partial charge is 0.353 e. The summed E-state index contributed by atoms with van der Waals surface area (Å²) in [5.74, 6) is -0.0150. The van der Waals surface area contributed by atoms with Crippen LogP contribution in [-0.2, 0) is 19.4 Å². The van der Waals surface area contributed by atoms with Crippen molar-refractivity contribution in [1.29, 1.82) is 0 Å². The van der Waals surface area contributed by atoms with E-state index in [1.54, 1.807) is 19.1 Å². The Morgan fingerprint density at radius 2 is 1.89 bits per heavy atom. The second-order valence-corrected chi connectivity index (χ2v) is 11.0. The number of thioether (sulfide) groups is 1. The third-order valence-electron chi connectivity index (χ3n) is 5.39. The number of rotatable bonds is 5. The standard InChI is InChI=1S/C20H28N2O4S2/c1-14(11-19(23)21-15-7-5-3-2-4-6-8-15)28(25,26)16-9-10-18-17(12-16)22-20(24)13-27-18/h9-10,12,14-15H,2-8,11,13H2,1H3,(H,21,23)(H,22,24). The minimum absolute atomic E-state index is 0.0585. The van der Waals surface area contributed by atoms with Gasteiger partial charge in [-0.3, -0.25) is 9.59 Å². The fourth-order valence-electron chi connectivity index (χ4n) is 3.73. The maximum atomic E-state index is 12.9. The molecule has 1 atom stereocenters. The van der Waals surface area contributed by atoms with Gasteiger partial charge in [-0.05, 0) is 38.0 Å². The summed E-state index contributed by atoms with van der Waals surface area (Å²) in [5.41, 5.74) is 0.522. The first-order chi connectivity index (χ1) is 13.4. The van der Waals surface area contributed by atoms with Crippen LogP contribution in [-0.4, -0.2) is 37.3 Å². The molecule has 1 aromatic carbocycles. The molecule has 1 unspecified atom stereocenters. The molecule has 1 heterocycles. The average Bonchev–Trinajstić information content (AvgIpc) is 2.63. The first kappa shape index (κ1) is 21.2. The van der Waals surface area contributed by atoms with Gasteiger partial charge in [0.1, 0.15) is 0 Å². The number of amides is 2. The number of hydrogen-bond acceptors (Lipinski definition) is 5. The molecule has 3 rings (SSSR count). The second kappa shape index (κ2) is 9.31. The van der Waals surface area contributed by atoms with Gasteiger partial charge in [-0.2, -0.15) is 0 Å². The van der Waals surface area contributed by atoms with Crippen LogP contribution >= 0.6 is 11.8 Å². The molecular weight excluding hydrogens is 396 g/mol. The number of hydrogen-bond donors (Lipinski definition) is 2. The molecule has 8 heteroatoms. The summed E-state index contributed by atoms with van der Waals surface area (Å²) in [6.45, 7) is 1.57. The zero-order chi connectivity index (χ0) is 20.1. The van der Waals surface area contributed by atoms with Crippen LogP contribution in [0.5, 0.6) is 0 Å². The Balaban J connectivity index is 1.64. The Hall–Kier alpha value is -1.54. The van der Waals surface area contributed by atoms with E-state index in [1.807, 2.05) is 0 Å². The highest BCUT2D eigenvalue weighted by Crippen LogP contribution is 2.34. The van der Waals surface area contributed by atoms with Crippen LogP contribution in [0.25, 0.3) is 0 Å². The third kappa shape index (κ3) is 5.29. The fraction of sp³-hybridized carbons (Fsp3) is 0.600. The summed E-state index contributed by atoms with van der Waals surface area (Å²) in [5, 5.41) is 4.92. The van der Waals surface area contributed by atoms with Crippen molar-refractivity contribution in [3.05, 3.63) is 18.2 Å². The number of anilines is 1. The number of carbonyl (C=O) groups excluding carboxylic acids is 2. The minimum atomic E-state index is -3.66. The molecule has 2 aliphatic rings. The molecule has 0 saturated heterocycles. The molecule has 0 aromatic heterocycles. The van der Waals surface area contributed by atoms with Gasteiger partial charge >= 0.3 is 0 Å². The van der Waals surface area contributed by atoms with E-state index in [0.29, 0.717) is 11.4 Å². The van der Waals surface area contributed by atoms with E-state index >= 15 is 0 Å². The molecule has 2 amide bonds. The topological polar surface area (TPSA) is 92.3 Å². The molecule has 0 spiro atoms. The maximum absolute atomic E-state index is 12.9. The molecule has 1 aromatic rings. The van der Waals surface area contributed by atoms with E-state index in [0.717, 1.165) is 30.6 Å². The smallest absolute Gasteiger partial charge is 0.234 e. The number of nitrogens with one attached hydrogen (secondary N) is 2. The van der Waals surface area contributed by atoms with Crippen molar-refractivity contribution >= 4 is 39.1 Å². The highest BCUT2D eigenvalue weighted by Gasteiger charge is 2.28. The van der Waals surface area contributed by atoms with E-state index in [-0.39, 0.29) is 29.2 Å². The summed E-state index contributed by atoms with van der Waals surface area (Å²) >= 11 is 1.39. The lowest BCUT2D eigenvalue weighted by Gasteiger charge is -2.22. The predicted octanol–water partition coefficient (Wildman–Crippen LogP) is 3.51. The van der Waals surface area contributed by atoms with Crippen molar-refractivity contribution < 1.29 is 18.0 Å². The molecule has 154 valence electrons. The SMILES string of the molecule is CC(CC(=O)NC1CCCCCCC1)S(=O)(=O)c1ccc2c(c1)NC(=O)CS2. The van der Waals surface area contributed by atoms with E-state index < -0.39 is 15.1 Å². The summed E-state index contributed by atoms with van der Waals surface area (Å²) in [4.78, 5) is 25.0. The Labute approximate surface area is 171 Å². The molecule has 1 aliphatic carbocycles. The van der Waals surface area contributed by atoms with Gasteiger partial charge in [0.15, 0.2) is 9.84 Å². The quantitative estimate of drug-likeness (QED) is 0.755. The first-order valence-corrected chi connectivity index (χ1v) is 12.5. The lowest BCUT2D eigenvalue weighted by molar-refractivity contribution is -0.122. The van der Waals surface area contributed by atoms with Crippen LogP contribution in [0.4, 0.5) is 5.69 Å². The lowest BCUT2D eigenvalue weighted by atomic mass is 9.96. The fourth-order valence-corrected chi connectivity index (χ4v) is 5.89. The van der Waals surface area contributed by atoms with Crippen molar-refractivity contribution in [1.82, 2.24) is 5.32 Å². The monoisotopic (exact) mass is 424 g/mol. The van der Waals surface area contributed by atoms with Crippen LogP contribution in [0.1, 0.15) is 58.3 Å². The van der Waals surface area contributed by atoms with Crippen LogP contribution in [0, 0.1) is 0 Å². The summed E-state index contributed by atoms with van der Waals surface area (Å²) in [6.07, 6.45) is 7.75. The van der Waals surface area contributed by atoms with Crippen LogP contribution < -0.4 is 10.6 Å². The van der Waals surface area contributed by atoms with E-state index in [9.17, 15) is 18.0 Å². The van der Waals surface area contributed by atoms with Gasteiger partial charge in [-0.15, -0.1) is 11.8 Å². The van der Waals surface area contributed by atoms with Crippen LogP contribution in [0.2, 0.25) is 0 Å². The van der Waals surface area contributed by atoms with Crippen molar-refractivity contribution in [3.8, 4) is 0 Å². The Morgan fingerprint density at radius 1 is 1.21 bits per heavy atom. The van der Waals surface area contributed by atoms with Gasteiger partial charge in [0, 0.05) is 17.4 Å². The Morgan fingerprint density at radius 3 is 2.61 bits per heavy atom. The zero-order valence-electron chi connectivity index (χ0n) is 16.2. The molecule has 0 bridgehead atoms. The summed E-state index contributed by atoms with van der Waals surface area (Å²) in [6, 6.07) is 4.92. The van der Waals surface area contributed by atoms with Gasteiger partial charge in [0.2, 0.25) is 11.8 Å². The van der Waals surface area contributed by atoms with Gasteiger partial charge in [0.25, 0.3) is 0 Å². The third-order valence-corrected chi connectivity index (χ3v) is 8.60. The summed E-state index contributed by atoms with van der Waals surface area (Å²) in [7, 11) is -3.66. The maximum Gasteiger partial charge on any atom is 0.234 e. The minimum Gasteiger partial charge on any atom is -0.353 e. The number of benzene rings is 1. The zero-order valence-corrected chi connectivity index (χ0v) is 17.8. The second-order valence-electron chi connectivity index (χ2n) is 7.66. The van der Waals surface area contributed by atoms with Gasteiger partial charge in [0.05, 0.1) is 21.6 Å². The van der Waals surface area contributed by atoms with E-state index in [4.69, 9.17) is 0 Å². The number of fused-ring (bicyclic) bond motifs is 1. The van der Waals surface area contributed by atoms with Crippen LogP contribution in [0.15, 0.2) is 28.0 Å². The molecular formula is C20H28N2O4S2. The van der Waals surface area contributed by atoms with Gasteiger partial charge < -0.3 is 10.6 Å². The normalized spacial score (nSPS) is 19.7. The molecule has 1 fully saturated rings. The molecule has 1 saturated carbocycles. The number of carbonyl (C=O) groups is 2. The Kier molecular flexibility index (Phi) is 7.04. The average molecular weight is 425 g/mol. The Bertz CT molecular complexity index is 831. The van der Waals surface area contributed by atoms with Crippen molar-refractivity contribution in [2.45, 2.75) is 79.4 Å². The van der Waals surface area contributed by atoms with E-state index in [2.05, 4.69) is 10.6 Å². The number of sulfone groups is 1. The van der Waals surface area contributed by atoms with Crippen LogP contribution in [0.3, 0.4) is 0 Å². The molecule has 6 nitrogen and oxygen atoms in total. The van der Waals surface area contributed by atoms with Crippen molar-refractivity contribution in [2.75, 3.05) is 11.1 Å². The molecule has 0 radical (unpaired) electrons. The highest BCUT2D eigenvalue weighted by molar-refractivity contribution is 8.00. The van der Waals surface area contributed by atoms with Gasteiger partial charge in [-0.1, -0.05) is 32.1 Å². The van der Waals surface area contributed by atoms with Crippen molar-refractivity contribution in [3.63, 3.8) is 0 Å². The first-order valence-electron chi connectivity index (χ1n) is 9.96. The van der Waals surface area contributed by atoms with Crippen molar-refractivity contribution in [2.24, 2.45) is 0 Å². The van der Waals surface area contributed by atoms with E-state index in [1.165, 1.54) is 37.1 Å². The van der Waals surface area contributed by atoms with Gasteiger partial charge in [-0.25, -0.2) is 8.42 Å². The predicted molar refractivity (Wildman–Crippen MR) is 111 cm³/mol. The molecule has 2 N–H and O–H groups in total. The molecule has 28 heavy (non-hydrogen) atoms. The summed E-state index contributed by atoms with van der Waals surface area (Å²) < 4.78 is 25.9. The lowest BCUT2D eigenvalue weighted by Crippen LogP contribution is -2.37. The highest BCUT2D eigenvalue weighted by atomic mass is 32.2. The molecule has 1 aliphatic heterocycles.